The first-order chi connectivity index (χ1) is 35.9. The zero-order chi connectivity index (χ0) is 54.9. The Balaban J connectivity index is 0.000000296. The van der Waals surface area contributed by atoms with E-state index in [2.05, 4.69) is 83.4 Å². The number of aliphatic hydroxyl groups is 3. The van der Waals surface area contributed by atoms with Crippen LogP contribution in [-0.4, -0.2) is 109 Å². The molecule has 400 valence electrons. The minimum Gasteiger partial charge on any atom is -0.508 e. The lowest BCUT2D eigenvalue weighted by Crippen LogP contribution is -2.26. The van der Waals surface area contributed by atoms with E-state index in [-0.39, 0.29) is 31.4 Å². The van der Waals surface area contributed by atoms with Crippen molar-refractivity contribution in [3.05, 3.63) is 185 Å². The fourth-order valence-corrected chi connectivity index (χ4v) is 7.89. The molecule has 1 aliphatic rings. The van der Waals surface area contributed by atoms with Crippen molar-refractivity contribution in [3.8, 4) is 5.75 Å². The van der Waals surface area contributed by atoms with E-state index in [4.69, 9.17) is 33.4 Å². The number of carbonyl (C=O) groups excluding carboxylic acids is 1. The second-order valence-corrected chi connectivity index (χ2v) is 18.2. The number of allylic oxidation sites excluding steroid dienone is 3. The summed E-state index contributed by atoms with van der Waals surface area (Å²) in [5.41, 5.74) is 19.7. The Morgan fingerprint density at radius 1 is 0.560 bits per heavy atom. The van der Waals surface area contributed by atoms with Crippen LogP contribution in [-0.2, 0) is 21.6 Å². The van der Waals surface area contributed by atoms with Crippen LogP contribution in [0.4, 0.5) is 45.5 Å². The van der Waals surface area contributed by atoms with Crippen LogP contribution in [0.5, 0.6) is 5.75 Å². The standard InChI is InChI=1S/C35H42N4O3.C12H11NO.C11H18N2O.H2O4S/c1-5-38(16-18-40)30-13-12-27(25(3)20-30)22-28-23-33(34(24-35(28)42)36-29-10-8-7-9-11-29)37-32-15-14-31(21-26(32)4)39(6-2)17-19-41;14-12-8-4-7-11(9-12)13-10-5-2-1-3-6-10;1-3-13(6-7-14)10-4-5-11(12)9(2)8-10;1-5(2,3)4/h7-15,20-21,23-24,36,40-41H,5-6,16-19,22H2,1-4H3;1-9,13-14H;4-5,8,14H,3,6-7,12H2,1-2H3;(H2,1,2,3,4). The van der Waals surface area contributed by atoms with Crippen LogP contribution in [0.3, 0.4) is 0 Å². The molecule has 0 amide bonds. The van der Waals surface area contributed by atoms with Gasteiger partial charge in [-0.3, -0.25) is 13.9 Å². The van der Waals surface area contributed by atoms with Crippen LogP contribution >= 0.6 is 0 Å². The molecule has 0 unspecified atom stereocenters. The number of phenols is 1. The summed E-state index contributed by atoms with van der Waals surface area (Å²) in [7, 11) is -4.67. The van der Waals surface area contributed by atoms with Gasteiger partial charge in [-0.05, 0) is 155 Å². The van der Waals surface area contributed by atoms with E-state index >= 15 is 0 Å². The van der Waals surface area contributed by atoms with E-state index in [9.17, 15) is 20.1 Å². The SMILES string of the molecule is CCN(CCO)c1ccc(CC2=CC(=Nc3ccc(N(CC)CCO)cc3C)C(Nc3ccccc3)=CC2=O)c(C)c1.CCN(CCO)c1ccc(N)c(C)c1.O=S(=O)(O)O.Oc1cccc(Nc2ccccc2)c1. The zero-order valence-corrected chi connectivity index (χ0v) is 44.5. The molecule has 7 rings (SSSR count). The molecule has 6 aromatic rings. The molecule has 0 aliphatic heterocycles. The summed E-state index contributed by atoms with van der Waals surface area (Å²) in [5.74, 6) is 0.229. The highest BCUT2D eigenvalue weighted by molar-refractivity contribution is 7.79. The van der Waals surface area contributed by atoms with Gasteiger partial charge in [-0.15, -0.1) is 0 Å². The predicted octanol–water partition coefficient (Wildman–Crippen LogP) is 9.64. The summed E-state index contributed by atoms with van der Waals surface area (Å²) in [5, 5.41) is 43.6. The molecule has 0 fully saturated rings. The molecule has 0 spiro atoms. The lowest BCUT2D eigenvalue weighted by molar-refractivity contribution is -0.111. The Kier molecular flexibility index (Phi) is 24.5. The number of aryl methyl sites for hydroxylation is 3. The maximum atomic E-state index is 13.4. The van der Waals surface area contributed by atoms with Gasteiger partial charge >= 0.3 is 10.4 Å². The largest absolute Gasteiger partial charge is 0.508 e. The molecule has 0 saturated carbocycles. The lowest BCUT2D eigenvalue weighted by atomic mass is 9.92. The number of likely N-dealkylation sites (N-methyl/N-ethyl adjacent to an activating group) is 3. The molecule has 6 aromatic carbocycles. The van der Waals surface area contributed by atoms with Crippen LogP contribution < -0.4 is 31.1 Å². The average Bonchev–Trinajstić information content (AvgIpc) is 3.38. The van der Waals surface area contributed by atoms with Gasteiger partial charge in [0.1, 0.15) is 5.75 Å². The first-order valence-electron chi connectivity index (χ1n) is 24.7. The summed E-state index contributed by atoms with van der Waals surface area (Å²) in [4.78, 5) is 24.8. The number of benzene rings is 6. The highest BCUT2D eigenvalue weighted by atomic mass is 32.3. The van der Waals surface area contributed by atoms with Gasteiger partial charge < -0.3 is 51.5 Å². The van der Waals surface area contributed by atoms with E-state index in [1.807, 2.05) is 111 Å². The third kappa shape index (κ3) is 20.4. The quantitative estimate of drug-likeness (QED) is 0.0208. The highest BCUT2D eigenvalue weighted by Gasteiger charge is 2.21. The third-order valence-corrected chi connectivity index (χ3v) is 11.9. The van der Waals surface area contributed by atoms with Crippen LogP contribution in [0.15, 0.2) is 168 Å². The molecule has 0 radical (unpaired) electrons. The van der Waals surface area contributed by atoms with E-state index in [0.717, 1.165) is 87.4 Å². The Morgan fingerprint density at radius 2 is 1.03 bits per heavy atom. The smallest absolute Gasteiger partial charge is 0.394 e. The molecule has 10 N–H and O–H groups in total. The van der Waals surface area contributed by atoms with Gasteiger partial charge in [-0.2, -0.15) is 8.42 Å². The number of ketones is 1. The second kappa shape index (κ2) is 30.6. The van der Waals surface area contributed by atoms with Crippen LogP contribution in [0.25, 0.3) is 0 Å². The molecular weight excluding hydrogens is 971 g/mol. The van der Waals surface area contributed by atoms with Gasteiger partial charge in [-0.1, -0.05) is 48.5 Å². The summed E-state index contributed by atoms with van der Waals surface area (Å²) < 4.78 is 31.6. The van der Waals surface area contributed by atoms with Gasteiger partial charge in [-0.25, -0.2) is 4.99 Å². The Bertz CT molecular complexity index is 2940. The molecule has 0 heterocycles. The summed E-state index contributed by atoms with van der Waals surface area (Å²) in [6.07, 6.45) is 4.05. The Hall–Kier alpha value is -7.51. The molecule has 0 bridgehead atoms. The number of anilines is 7. The van der Waals surface area contributed by atoms with Crippen molar-refractivity contribution in [2.45, 2.75) is 48.0 Å². The molecule has 0 atom stereocenters. The minimum absolute atomic E-state index is 0.0408. The maximum Gasteiger partial charge on any atom is 0.394 e. The number of aliphatic hydroxyl groups excluding tert-OH is 3. The van der Waals surface area contributed by atoms with Crippen molar-refractivity contribution in [1.29, 1.82) is 0 Å². The number of carbonyl (C=O) groups is 1. The first-order valence-corrected chi connectivity index (χ1v) is 26.1. The molecule has 16 nitrogen and oxygen atoms in total. The molecular formula is C58H73N7O9S. The zero-order valence-electron chi connectivity index (χ0n) is 43.7. The molecule has 0 aromatic heterocycles. The Morgan fingerprint density at radius 3 is 1.49 bits per heavy atom. The number of aliphatic imine (C=N–C) groups is 1. The van der Waals surface area contributed by atoms with Gasteiger partial charge in [0.05, 0.1) is 36.9 Å². The van der Waals surface area contributed by atoms with Gasteiger partial charge in [0.15, 0.2) is 5.78 Å². The third-order valence-electron chi connectivity index (χ3n) is 11.9. The number of nitrogens with zero attached hydrogens (tertiary/aromatic N) is 4. The maximum absolute atomic E-state index is 13.4. The van der Waals surface area contributed by atoms with Gasteiger partial charge in [0, 0.05) is 103 Å². The van der Waals surface area contributed by atoms with Crippen LogP contribution in [0.2, 0.25) is 0 Å². The van der Waals surface area contributed by atoms with Crippen molar-refractivity contribution >= 4 is 67.4 Å². The molecule has 0 saturated heterocycles. The highest BCUT2D eigenvalue weighted by Crippen LogP contribution is 2.29. The number of aromatic hydroxyl groups is 1. The van der Waals surface area contributed by atoms with Crippen molar-refractivity contribution in [1.82, 2.24) is 0 Å². The van der Waals surface area contributed by atoms with Crippen LogP contribution in [0.1, 0.15) is 43.0 Å². The number of phenolic OH excluding ortho intramolecular Hbond substituents is 1. The fourth-order valence-electron chi connectivity index (χ4n) is 7.89. The summed E-state index contributed by atoms with van der Waals surface area (Å²) >= 11 is 0. The number of nitrogens with two attached hydrogens (primary N) is 1. The second-order valence-electron chi connectivity index (χ2n) is 17.3. The summed E-state index contributed by atoms with van der Waals surface area (Å²) in [6, 6.07) is 45.0. The fraction of sp³-hybridized carbons (Fsp3) is 0.276. The van der Waals surface area contributed by atoms with E-state index in [1.165, 1.54) is 0 Å². The minimum atomic E-state index is -4.67. The number of para-hydroxylation sites is 2. The molecule has 17 heteroatoms. The molecule has 75 heavy (non-hydrogen) atoms. The number of hydrogen-bond acceptors (Lipinski definition) is 14. The number of hydrogen-bond donors (Lipinski definition) is 9. The van der Waals surface area contributed by atoms with E-state index in [0.29, 0.717) is 43.0 Å². The van der Waals surface area contributed by atoms with Gasteiger partial charge in [0.25, 0.3) is 0 Å². The molecule has 1 aliphatic carbocycles. The van der Waals surface area contributed by atoms with Crippen molar-refractivity contribution < 1.29 is 42.7 Å². The average molecular weight is 1040 g/mol. The Labute approximate surface area is 442 Å². The monoisotopic (exact) mass is 1040 g/mol. The first kappa shape index (κ1) is 60.0. The van der Waals surface area contributed by atoms with Gasteiger partial charge in [0.2, 0.25) is 0 Å². The summed E-state index contributed by atoms with van der Waals surface area (Å²) in [6.45, 7) is 17.0. The predicted molar refractivity (Wildman–Crippen MR) is 307 cm³/mol. The van der Waals surface area contributed by atoms with Crippen molar-refractivity contribution in [2.24, 2.45) is 4.99 Å². The normalized spacial score (nSPS) is 12.4. The van der Waals surface area contributed by atoms with Crippen LogP contribution in [0, 0.1) is 20.8 Å². The number of nitrogen functional groups attached to an aromatic ring is 1. The lowest BCUT2D eigenvalue weighted by Gasteiger charge is -2.23. The number of rotatable bonds is 19. The van der Waals surface area contributed by atoms with Crippen molar-refractivity contribution in [3.63, 3.8) is 0 Å². The van der Waals surface area contributed by atoms with Crippen molar-refractivity contribution in [2.75, 3.05) is 90.2 Å². The van der Waals surface area contributed by atoms with E-state index in [1.54, 1.807) is 24.3 Å². The number of nitrogens with one attached hydrogen (secondary N) is 2. The topological polar surface area (TPSA) is 245 Å². The van der Waals surface area contributed by atoms with E-state index < -0.39 is 10.4 Å².